The molecule has 1 heterocycles. The Balaban J connectivity index is 2.36. The summed E-state index contributed by atoms with van der Waals surface area (Å²) >= 11 is 5.73. The van der Waals surface area contributed by atoms with Gasteiger partial charge >= 0.3 is 0 Å². The number of hydrogen-bond acceptors (Lipinski definition) is 2. The molecule has 3 aromatic rings. The zero-order chi connectivity index (χ0) is 11.0. The lowest BCUT2D eigenvalue weighted by atomic mass is 10.1. The minimum Gasteiger partial charge on any atom is -0.355 e. The van der Waals surface area contributed by atoms with Crippen LogP contribution in [0.2, 0.25) is 0 Å². The molecule has 0 bridgehead atoms. The van der Waals surface area contributed by atoms with E-state index in [9.17, 15) is 0 Å². The molecule has 0 amide bonds. The van der Waals surface area contributed by atoms with Crippen LogP contribution in [-0.2, 0) is 6.42 Å². The highest BCUT2D eigenvalue weighted by atomic mass is 35.5. The standard InChI is InChI=1S/C13H10ClNO/c14-8-7-12-11-6-5-9-3-1-2-4-10(9)13(11)16-15-12/h1-6H,7-8H2. The number of halogens is 1. The van der Waals surface area contributed by atoms with Gasteiger partial charge in [0.1, 0.15) is 0 Å². The maximum atomic E-state index is 5.73. The Kier molecular flexibility index (Phi) is 2.29. The van der Waals surface area contributed by atoms with Gasteiger partial charge in [0, 0.05) is 23.1 Å². The monoisotopic (exact) mass is 231 g/mol. The van der Waals surface area contributed by atoms with Crippen LogP contribution in [0, 0.1) is 0 Å². The summed E-state index contributed by atoms with van der Waals surface area (Å²) in [7, 11) is 0. The topological polar surface area (TPSA) is 26.0 Å². The molecule has 0 saturated heterocycles. The molecule has 0 N–H and O–H groups in total. The van der Waals surface area contributed by atoms with E-state index in [2.05, 4.69) is 23.4 Å². The highest BCUT2D eigenvalue weighted by molar-refractivity contribution is 6.18. The van der Waals surface area contributed by atoms with Gasteiger partial charge in [-0.15, -0.1) is 11.6 Å². The highest BCUT2D eigenvalue weighted by Gasteiger charge is 2.09. The van der Waals surface area contributed by atoms with Crippen LogP contribution < -0.4 is 0 Å². The summed E-state index contributed by atoms with van der Waals surface area (Å²) in [5.41, 5.74) is 1.80. The lowest BCUT2D eigenvalue weighted by Crippen LogP contribution is -1.85. The number of hydrogen-bond donors (Lipinski definition) is 0. The van der Waals surface area contributed by atoms with E-state index in [0.717, 1.165) is 28.5 Å². The molecule has 0 radical (unpaired) electrons. The Labute approximate surface area is 97.8 Å². The summed E-state index contributed by atoms with van der Waals surface area (Å²) in [6, 6.07) is 12.3. The Morgan fingerprint density at radius 2 is 1.94 bits per heavy atom. The van der Waals surface area contributed by atoms with Gasteiger partial charge in [0.15, 0.2) is 5.58 Å². The molecule has 0 atom stereocenters. The molecule has 16 heavy (non-hydrogen) atoms. The van der Waals surface area contributed by atoms with Gasteiger partial charge in [0.25, 0.3) is 0 Å². The van der Waals surface area contributed by atoms with Gasteiger partial charge < -0.3 is 4.52 Å². The summed E-state index contributed by atoms with van der Waals surface area (Å²) in [5, 5.41) is 7.42. The summed E-state index contributed by atoms with van der Waals surface area (Å²) in [5.74, 6) is 0.564. The number of alkyl halides is 1. The van der Waals surface area contributed by atoms with Crippen molar-refractivity contribution >= 4 is 33.3 Å². The summed E-state index contributed by atoms with van der Waals surface area (Å²) in [4.78, 5) is 0. The fourth-order valence-corrected chi connectivity index (χ4v) is 2.17. The average Bonchev–Trinajstić information content (AvgIpc) is 2.73. The largest absolute Gasteiger partial charge is 0.355 e. The van der Waals surface area contributed by atoms with E-state index in [1.165, 1.54) is 5.39 Å². The molecule has 0 aliphatic rings. The van der Waals surface area contributed by atoms with Gasteiger partial charge in [-0.3, -0.25) is 0 Å². The van der Waals surface area contributed by atoms with Gasteiger partial charge in [-0.1, -0.05) is 35.5 Å². The van der Waals surface area contributed by atoms with E-state index in [4.69, 9.17) is 16.1 Å². The van der Waals surface area contributed by atoms with Gasteiger partial charge in [-0.05, 0) is 11.5 Å². The van der Waals surface area contributed by atoms with E-state index < -0.39 is 0 Å². The lowest BCUT2D eigenvalue weighted by molar-refractivity contribution is 0.449. The highest BCUT2D eigenvalue weighted by Crippen LogP contribution is 2.27. The summed E-state index contributed by atoms with van der Waals surface area (Å²) < 4.78 is 5.41. The minimum atomic E-state index is 0.564. The number of fused-ring (bicyclic) bond motifs is 3. The van der Waals surface area contributed by atoms with Crippen molar-refractivity contribution < 1.29 is 4.52 Å². The van der Waals surface area contributed by atoms with E-state index in [1.807, 2.05) is 18.2 Å². The van der Waals surface area contributed by atoms with Gasteiger partial charge in [-0.2, -0.15) is 0 Å². The van der Waals surface area contributed by atoms with Crippen molar-refractivity contribution in [1.29, 1.82) is 0 Å². The van der Waals surface area contributed by atoms with E-state index in [-0.39, 0.29) is 0 Å². The molecule has 2 nitrogen and oxygen atoms in total. The number of rotatable bonds is 2. The van der Waals surface area contributed by atoms with E-state index >= 15 is 0 Å². The molecule has 0 fully saturated rings. The third kappa shape index (κ3) is 1.38. The zero-order valence-corrected chi connectivity index (χ0v) is 9.37. The molecule has 0 aliphatic carbocycles. The van der Waals surface area contributed by atoms with Gasteiger partial charge in [0.05, 0.1) is 5.69 Å². The molecule has 0 saturated carbocycles. The third-order valence-corrected chi connectivity index (χ3v) is 2.96. The minimum absolute atomic E-state index is 0.564. The first-order valence-electron chi connectivity index (χ1n) is 5.22. The van der Waals surface area contributed by atoms with Gasteiger partial charge in [-0.25, -0.2) is 0 Å². The van der Waals surface area contributed by atoms with Crippen LogP contribution in [0.5, 0.6) is 0 Å². The fraction of sp³-hybridized carbons (Fsp3) is 0.154. The summed E-state index contributed by atoms with van der Waals surface area (Å²) in [6.07, 6.45) is 0.743. The van der Waals surface area contributed by atoms with Crippen molar-refractivity contribution in [3.05, 3.63) is 42.1 Å². The third-order valence-electron chi connectivity index (χ3n) is 2.77. The first kappa shape index (κ1) is 9.67. The van der Waals surface area contributed by atoms with Crippen molar-refractivity contribution in [3.63, 3.8) is 0 Å². The van der Waals surface area contributed by atoms with Crippen molar-refractivity contribution in [2.24, 2.45) is 0 Å². The molecular formula is C13H10ClNO. The second kappa shape index (κ2) is 3.80. The van der Waals surface area contributed by atoms with E-state index in [1.54, 1.807) is 0 Å². The van der Waals surface area contributed by atoms with Crippen LogP contribution in [0.4, 0.5) is 0 Å². The SMILES string of the molecule is ClCCc1noc2c1ccc1ccccc12. The number of aromatic nitrogens is 1. The van der Waals surface area contributed by atoms with Crippen molar-refractivity contribution in [2.45, 2.75) is 6.42 Å². The number of aryl methyl sites for hydroxylation is 1. The summed E-state index contributed by atoms with van der Waals surface area (Å²) in [6.45, 7) is 0. The first-order chi connectivity index (χ1) is 7.90. The average molecular weight is 232 g/mol. The first-order valence-corrected chi connectivity index (χ1v) is 5.75. The van der Waals surface area contributed by atoms with Gasteiger partial charge in [0.2, 0.25) is 0 Å². The Morgan fingerprint density at radius 3 is 2.81 bits per heavy atom. The second-order valence-corrected chi connectivity index (χ2v) is 4.11. The normalized spacial score (nSPS) is 11.3. The molecule has 3 heteroatoms. The molecule has 3 rings (SSSR count). The molecular weight excluding hydrogens is 222 g/mol. The molecule has 80 valence electrons. The fourth-order valence-electron chi connectivity index (χ4n) is 1.99. The molecule has 0 unspecified atom stereocenters. The van der Waals surface area contributed by atoms with Crippen molar-refractivity contribution in [3.8, 4) is 0 Å². The quantitative estimate of drug-likeness (QED) is 0.628. The number of benzene rings is 2. The second-order valence-electron chi connectivity index (χ2n) is 3.73. The molecule has 0 spiro atoms. The number of nitrogens with zero attached hydrogens (tertiary/aromatic N) is 1. The van der Waals surface area contributed by atoms with Crippen LogP contribution >= 0.6 is 11.6 Å². The zero-order valence-electron chi connectivity index (χ0n) is 8.61. The molecule has 0 aliphatic heterocycles. The maximum Gasteiger partial charge on any atom is 0.174 e. The van der Waals surface area contributed by atoms with Crippen LogP contribution in [-0.4, -0.2) is 11.0 Å². The molecule has 2 aromatic carbocycles. The van der Waals surface area contributed by atoms with Crippen molar-refractivity contribution in [2.75, 3.05) is 5.88 Å². The maximum absolute atomic E-state index is 5.73. The Hall–Kier alpha value is -1.54. The van der Waals surface area contributed by atoms with E-state index in [0.29, 0.717) is 5.88 Å². The lowest BCUT2D eigenvalue weighted by Gasteiger charge is -1.97. The van der Waals surface area contributed by atoms with Crippen LogP contribution in [0.1, 0.15) is 5.69 Å². The predicted octanol–water partition coefficient (Wildman–Crippen LogP) is 3.76. The smallest absolute Gasteiger partial charge is 0.174 e. The van der Waals surface area contributed by atoms with Crippen LogP contribution in [0.25, 0.3) is 21.7 Å². The molecule has 1 aromatic heterocycles. The predicted molar refractivity (Wildman–Crippen MR) is 65.9 cm³/mol. The van der Waals surface area contributed by atoms with Crippen molar-refractivity contribution in [1.82, 2.24) is 5.16 Å². The Morgan fingerprint density at radius 1 is 1.06 bits per heavy atom. The van der Waals surface area contributed by atoms with Crippen LogP contribution in [0.3, 0.4) is 0 Å². The van der Waals surface area contributed by atoms with Crippen LogP contribution in [0.15, 0.2) is 40.9 Å². The Bertz CT molecular complexity index is 645.